The number of carbonyl (C=O) groups is 2. The van der Waals surface area contributed by atoms with Crippen LogP contribution in [0, 0.1) is 19.8 Å². The number of nitrogens with one attached hydrogen (secondary N) is 3. The predicted molar refractivity (Wildman–Crippen MR) is 141 cm³/mol. The number of benzene rings is 1. The SMILES string of the molecule is Cc1ccc(OCC2CC2)c(-c2ncnc3c(C(=O)N[C@H]4CC[C@@H](NC(=O)[C@H](C)O)[C@H](F)C4)c(C)[nH]c23)c1. The van der Waals surface area contributed by atoms with Crippen molar-refractivity contribution in [1.29, 1.82) is 0 Å². The molecule has 0 radical (unpaired) electrons. The molecule has 0 saturated heterocycles. The van der Waals surface area contributed by atoms with Crippen LogP contribution in [0.4, 0.5) is 4.39 Å². The number of carbonyl (C=O) groups excluding carboxylic acids is 2. The van der Waals surface area contributed by atoms with Crippen LogP contribution in [0.1, 0.15) is 60.6 Å². The molecule has 1 aromatic carbocycles. The number of aromatic nitrogens is 3. The number of ether oxygens (including phenoxy) is 1. The zero-order chi connectivity index (χ0) is 27.0. The van der Waals surface area contributed by atoms with Crippen LogP contribution in [0.15, 0.2) is 24.5 Å². The number of alkyl halides is 1. The van der Waals surface area contributed by atoms with E-state index in [-0.39, 0.29) is 18.4 Å². The lowest BCUT2D eigenvalue weighted by molar-refractivity contribution is -0.130. The Bertz CT molecular complexity index is 1350. The highest BCUT2D eigenvalue weighted by atomic mass is 19.1. The summed E-state index contributed by atoms with van der Waals surface area (Å²) < 4.78 is 20.9. The normalized spacial score (nSPS) is 22.2. The minimum atomic E-state index is -1.33. The van der Waals surface area contributed by atoms with Gasteiger partial charge in [-0.25, -0.2) is 14.4 Å². The molecular formula is C28H34FN5O4. The Morgan fingerprint density at radius 3 is 2.68 bits per heavy atom. The molecular weight excluding hydrogens is 489 g/mol. The fourth-order valence-electron chi connectivity index (χ4n) is 5.02. The van der Waals surface area contributed by atoms with Crippen LogP contribution in [-0.4, -0.2) is 62.8 Å². The molecule has 202 valence electrons. The first-order valence-corrected chi connectivity index (χ1v) is 13.2. The Balaban J connectivity index is 1.36. The van der Waals surface area contributed by atoms with Gasteiger partial charge in [0, 0.05) is 23.7 Å². The fourth-order valence-corrected chi connectivity index (χ4v) is 5.02. The number of aryl methyl sites for hydroxylation is 2. The number of rotatable bonds is 8. The highest BCUT2D eigenvalue weighted by Gasteiger charge is 2.34. The number of aromatic amines is 1. The lowest BCUT2D eigenvalue weighted by atomic mass is 9.89. The average Bonchev–Trinajstić information content (AvgIpc) is 3.64. The first-order valence-electron chi connectivity index (χ1n) is 13.2. The molecule has 10 heteroatoms. The van der Waals surface area contributed by atoms with Gasteiger partial charge in [0.2, 0.25) is 5.91 Å². The molecule has 2 aliphatic rings. The van der Waals surface area contributed by atoms with Crippen molar-refractivity contribution in [3.63, 3.8) is 0 Å². The van der Waals surface area contributed by atoms with E-state index < -0.39 is 24.2 Å². The van der Waals surface area contributed by atoms with E-state index in [1.807, 2.05) is 32.0 Å². The number of H-pyrrole nitrogens is 1. The molecule has 5 rings (SSSR count). The van der Waals surface area contributed by atoms with Crippen molar-refractivity contribution in [3.05, 3.63) is 41.3 Å². The van der Waals surface area contributed by atoms with Crippen LogP contribution in [-0.2, 0) is 4.79 Å². The van der Waals surface area contributed by atoms with Crippen molar-refractivity contribution < 1.29 is 23.8 Å². The monoisotopic (exact) mass is 523 g/mol. The van der Waals surface area contributed by atoms with Crippen molar-refractivity contribution in [3.8, 4) is 17.0 Å². The Morgan fingerprint density at radius 1 is 1.18 bits per heavy atom. The summed E-state index contributed by atoms with van der Waals surface area (Å²) >= 11 is 0. The standard InChI is InChI=1S/C28H34FN5O4/c1-14-4-9-22(38-12-17-5-6-17)19(10-14)24-26-25(31-13-30-24)23(15(2)32-26)28(37)33-18-7-8-21(20(29)11-18)34-27(36)16(3)35/h4,9-10,13,16-18,20-21,32,35H,5-8,11-12H2,1-3H3,(H,33,37)(H,34,36)/t16-,18-,20+,21+/m0/s1. The number of amides is 2. The van der Waals surface area contributed by atoms with Crippen molar-refractivity contribution in [2.75, 3.05) is 6.61 Å². The molecule has 2 saturated carbocycles. The molecule has 0 unspecified atom stereocenters. The molecule has 4 atom stereocenters. The van der Waals surface area contributed by atoms with Gasteiger partial charge in [-0.3, -0.25) is 9.59 Å². The summed E-state index contributed by atoms with van der Waals surface area (Å²) in [6, 6.07) is 4.92. The van der Waals surface area contributed by atoms with E-state index in [9.17, 15) is 19.1 Å². The molecule has 2 heterocycles. The maximum absolute atomic E-state index is 14.8. The van der Waals surface area contributed by atoms with E-state index in [0.717, 1.165) is 16.9 Å². The predicted octanol–water partition coefficient (Wildman–Crippen LogP) is 3.52. The average molecular weight is 524 g/mol. The largest absolute Gasteiger partial charge is 0.493 e. The van der Waals surface area contributed by atoms with Gasteiger partial charge in [-0.2, -0.15) is 0 Å². The van der Waals surface area contributed by atoms with Crippen LogP contribution in [0.5, 0.6) is 5.75 Å². The molecule has 9 nitrogen and oxygen atoms in total. The number of fused-ring (bicyclic) bond motifs is 1. The quantitative estimate of drug-likeness (QED) is 0.358. The molecule has 2 aromatic heterocycles. The molecule has 2 amide bonds. The van der Waals surface area contributed by atoms with Crippen LogP contribution >= 0.6 is 0 Å². The third-order valence-electron chi connectivity index (χ3n) is 7.38. The van der Waals surface area contributed by atoms with E-state index in [1.54, 1.807) is 0 Å². The van der Waals surface area contributed by atoms with Crippen molar-refractivity contribution in [2.45, 2.75) is 77.2 Å². The summed E-state index contributed by atoms with van der Waals surface area (Å²) in [5.74, 6) is 0.413. The van der Waals surface area contributed by atoms with Crippen molar-refractivity contribution in [1.82, 2.24) is 25.6 Å². The molecule has 2 fully saturated rings. The third kappa shape index (κ3) is 5.50. The van der Waals surface area contributed by atoms with Gasteiger partial charge in [-0.05, 0) is 64.5 Å². The van der Waals surface area contributed by atoms with Gasteiger partial charge in [0.05, 0.1) is 23.7 Å². The Kier molecular flexibility index (Phi) is 7.34. The summed E-state index contributed by atoms with van der Waals surface area (Å²) in [4.78, 5) is 37.4. The van der Waals surface area contributed by atoms with Crippen LogP contribution in [0.2, 0.25) is 0 Å². The minimum Gasteiger partial charge on any atom is -0.493 e. The molecule has 0 spiro atoms. The van der Waals surface area contributed by atoms with E-state index >= 15 is 0 Å². The zero-order valence-corrected chi connectivity index (χ0v) is 21.9. The van der Waals surface area contributed by atoms with Gasteiger partial charge in [0.15, 0.2) is 0 Å². The highest BCUT2D eigenvalue weighted by molar-refractivity contribution is 6.09. The second-order valence-corrected chi connectivity index (χ2v) is 10.6. The number of halogens is 1. The maximum atomic E-state index is 14.8. The highest BCUT2D eigenvalue weighted by Crippen LogP contribution is 2.37. The van der Waals surface area contributed by atoms with Crippen molar-refractivity contribution >= 4 is 22.8 Å². The van der Waals surface area contributed by atoms with E-state index in [4.69, 9.17) is 4.74 Å². The minimum absolute atomic E-state index is 0.0725. The fraction of sp³-hybridized carbons (Fsp3) is 0.500. The summed E-state index contributed by atoms with van der Waals surface area (Å²) in [5.41, 5.74) is 4.74. The van der Waals surface area contributed by atoms with Crippen LogP contribution < -0.4 is 15.4 Å². The van der Waals surface area contributed by atoms with Gasteiger partial charge in [0.1, 0.15) is 35.6 Å². The van der Waals surface area contributed by atoms with Gasteiger partial charge in [-0.1, -0.05) is 11.6 Å². The lowest BCUT2D eigenvalue weighted by Crippen LogP contribution is -2.51. The topological polar surface area (TPSA) is 129 Å². The first kappa shape index (κ1) is 26.1. The zero-order valence-electron chi connectivity index (χ0n) is 21.9. The summed E-state index contributed by atoms with van der Waals surface area (Å²) in [5, 5.41) is 14.9. The molecule has 3 aromatic rings. The number of hydrogen-bond acceptors (Lipinski definition) is 6. The number of nitrogens with zero attached hydrogens (tertiary/aromatic N) is 2. The smallest absolute Gasteiger partial charge is 0.255 e. The van der Waals surface area contributed by atoms with Crippen LogP contribution in [0.3, 0.4) is 0 Å². The van der Waals surface area contributed by atoms with Crippen molar-refractivity contribution in [2.24, 2.45) is 5.92 Å². The van der Waals surface area contributed by atoms with Gasteiger partial charge < -0.3 is 25.5 Å². The lowest BCUT2D eigenvalue weighted by Gasteiger charge is -2.32. The summed E-state index contributed by atoms with van der Waals surface area (Å²) in [7, 11) is 0. The maximum Gasteiger partial charge on any atom is 0.255 e. The number of hydrogen-bond donors (Lipinski definition) is 4. The molecule has 4 N–H and O–H groups in total. The Hall–Kier alpha value is -3.53. The number of aliphatic hydroxyl groups is 1. The molecule has 0 aliphatic heterocycles. The Labute approximate surface area is 220 Å². The molecule has 38 heavy (non-hydrogen) atoms. The van der Waals surface area contributed by atoms with E-state index in [0.29, 0.717) is 53.4 Å². The molecule has 0 bridgehead atoms. The van der Waals surface area contributed by atoms with Gasteiger partial charge >= 0.3 is 0 Å². The molecule has 2 aliphatic carbocycles. The van der Waals surface area contributed by atoms with E-state index in [1.165, 1.54) is 26.1 Å². The van der Waals surface area contributed by atoms with Gasteiger partial charge in [0.25, 0.3) is 5.91 Å². The second-order valence-electron chi connectivity index (χ2n) is 10.6. The second kappa shape index (κ2) is 10.7. The summed E-state index contributed by atoms with van der Waals surface area (Å²) in [6.45, 7) is 5.83. The van der Waals surface area contributed by atoms with E-state index in [2.05, 4.69) is 25.6 Å². The summed E-state index contributed by atoms with van der Waals surface area (Å²) in [6.07, 6.45) is 2.24. The van der Waals surface area contributed by atoms with Gasteiger partial charge in [-0.15, -0.1) is 0 Å². The number of aliphatic hydroxyl groups excluding tert-OH is 1. The third-order valence-corrected chi connectivity index (χ3v) is 7.38. The first-order chi connectivity index (χ1) is 18.2. The Morgan fingerprint density at radius 2 is 1.97 bits per heavy atom. The van der Waals surface area contributed by atoms with Crippen LogP contribution in [0.25, 0.3) is 22.3 Å².